The number of rotatable bonds is 4. The largest absolute Gasteiger partial charge is 0.437 e. The summed E-state index contributed by atoms with van der Waals surface area (Å²) >= 11 is 5.95. The van der Waals surface area contributed by atoms with Crippen LogP contribution in [0.15, 0.2) is 24.3 Å². The number of benzene rings is 1. The summed E-state index contributed by atoms with van der Waals surface area (Å²) in [6, 6.07) is 5.57. The summed E-state index contributed by atoms with van der Waals surface area (Å²) in [7, 11) is 1.73. The van der Waals surface area contributed by atoms with Gasteiger partial charge in [0.15, 0.2) is 0 Å². The first-order valence-electron chi connectivity index (χ1n) is 5.65. The molecule has 2 aromatic rings. The van der Waals surface area contributed by atoms with Gasteiger partial charge in [-0.05, 0) is 13.0 Å². The van der Waals surface area contributed by atoms with E-state index >= 15 is 0 Å². The van der Waals surface area contributed by atoms with E-state index < -0.39 is 4.92 Å². The first kappa shape index (κ1) is 14.0. The van der Waals surface area contributed by atoms with Crippen LogP contribution in [-0.4, -0.2) is 21.9 Å². The maximum Gasteiger partial charge on any atom is 0.271 e. The van der Waals surface area contributed by atoms with Gasteiger partial charge >= 0.3 is 0 Å². The highest BCUT2D eigenvalue weighted by atomic mass is 35.5. The Hall–Kier alpha value is -2.41. The van der Waals surface area contributed by atoms with E-state index in [1.807, 2.05) is 0 Å². The van der Waals surface area contributed by atoms with Crippen molar-refractivity contribution in [1.82, 2.24) is 9.97 Å². The fraction of sp³-hybridized carbons (Fsp3) is 0.167. The van der Waals surface area contributed by atoms with E-state index in [1.165, 1.54) is 18.2 Å². The van der Waals surface area contributed by atoms with Gasteiger partial charge in [0.25, 0.3) is 5.69 Å². The standard InChI is InChI=1S/C12H11ClN4O3/c1-7-15-11(14-2)6-12(16-7)20-10-4-3-8(17(18)19)5-9(10)13/h3-6H,1-2H3,(H,14,15,16). The molecule has 7 nitrogen and oxygen atoms in total. The summed E-state index contributed by atoms with van der Waals surface area (Å²) in [6.45, 7) is 1.73. The van der Waals surface area contributed by atoms with Gasteiger partial charge in [-0.1, -0.05) is 11.6 Å². The summed E-state index contributed by atoms with van der Waals surface area (Å²) in [4.78, 5) is 18.3. The summed E-state index contributed by atoms with van der Waals surface area (Å²) in [5, 5.41) is 13.6. The third-order valence-electron chi connectivity index (χ3n) is 2.41. The fourth-order valence-corrected chi connectivity index (χ4v) is 1.73. The van der Waals surface area contributed by atoms with Gasteiger partial charge in [-0.15, -0.1) is 0 Å². The SMILES string of the molecule is CNc1cc(Oc2ccc([N+](=O)[O-])cc2Cl)nc(C)n1. The average molecular weight is 295 g/mol. The number of aromatic nitrogens is 2. The van der Waals surface area contributed by atoms with Crippen LogP contribution in [0, 0.1) is 17.0 Å². The zero-order valence-corrected chi connectivity index (χ0v) is 11.5. The number of anilines is 1. The van der Waals surface area contributed by atoms with Gasteiger partial charge in [0.05, 0.1) is 9.95 Å². The predicted octanol–water partition coefficient (Wildman–Crippen LogP) is 3.18. The molecule has 0 spiro atoms. The van der Waals surface area contributed by atoms with Gasteiger partial charge in [0, 0.05) is 25.2 Å². The molecule has 104 valence electrons. The second-order valence-corrected chi connectivity index (χ2v) is 4.27. The Labute approximate surface area is 119 Å². The van der Waals surface area contributed by atoms with Crippen LogP contribution in [0.1, 0.15) is 5.82 Å². The highest BCUT2D eigenvalue weighted by Crippen LogP contribution is 2.32. The molecule has 0 fully saturated rings. The van der Waals surface area contributed by atoms with Crippen molar-refractivity contribution < 1.29 is 9.66 Å². The molecule has 1 aromatic heterocycles. The number of halogens is 1. The minimum atomic E-state index is -0.524. The lowest BCUT2D eigenvalue weighted by Gasteiger charge is -2.08. The molecule has 0 atom stereocenters. The molecule has 1 N–H and O–H groups in total. The van der Waals surface area contributed by atoms with Crippen molar-refractivity contribution in [2.24, 2.45) is 0 Å². The monoisotopic (exact) mass is 294 g/mol. The zero-order valence-electron chi connectivity index (χ0n) is 10.8. The van der Waals surface area contributed by atoms with Crippen molar-refractivity contribution in [3.05, 3.63) is 45.2 Å². The Kier molecular flexibility index (Phi) is 3.99. The summed E-state index contributed by atoms with van der Waals surface area (Å²) in [5.74, 6) is 1.73. The highest BCUT2D eigenvalue weighted by molar-refractivity contribution is 6.32. The molecule has 1 aromatic carbocycles. The van der Waals surface area contributed by atoms with Gasteiger partial charge in [-0.2, -0.15) is 4.98 Å². The molecule has 0 unspecified atom stereocenters. The van der Waals surface area contributed by atoms with Crippen molar-refractivity contribution in [3.63, 3.8) is 0 Å². The number of nitro benzene ring substituents is 1. The minimum Gasteiger partial charge on any atom is -0.437 e. The van der Waals surface area contributed by atoms with E-state index in [1.54, 1.807) is 20.0 Å². The number of hydrogen-bond acceptors (Lipinski definition) is 6. The van der Waals surface area contributed by atoms with Gasteiger partial charge in [-0.3, -0.25) is 10.1 Å². The van der Waals surface area contributed by atoms with Crippen LogP contribution in [0.3, 0.4) is 0 Å². The van der Waals surface area contributed by atoms with Crippen LogP contribution < -0.4 is 10.1 Å². The van der Waals surface area contributed by atoms with Crippen LogP contribution in [-0.2, 0) is 0 Å². The molecular weight excluding hydrogens is 284 g/mol. The van der Waals surface area contributed by atoms with E-state index in [9.17, 15) is 10.1 Å². The molecule has 0 aliphatic rings. The quantitative estimate of drug-likeness (QED) is 0.688. The maximum absolute atomic E-state index is 10.6. The Bertz CT molecular complexity index is 663. The van der Waals surface area contributed by atoms with Gasteiger partial charge in [0.1, 0.15) is 17.4 Å². The second-order valence-electron chi connectivity index (χ2n) is 3.86. The molecule has 0 saturated carbocycles. The molecular formula is C12H11ClN4O3. The topological polar surface area (TPSA) is 90.2 Å². The van der Waals surface area contributed by atoms with Crippen LogP contribution in [0.25, 0.3) is 0 Å². The highest BCUT2D eigenvalue weighted by Gasteiger charge is 2.12. The molecule has 2 rings (SSSR count). The summed E-state index contributed by atoms with van der Waals surface area (Å²) < 4.78 is 5.52. The Morgan fingerprint density at radius 1 is 1.35 bits per heavy atom. The zero-order chi connectivity index (χ0) is 14.7. The molecule has 1 heterocycles. The average Bonchev–Trinajstić information content (AvgIpc) is 2.40. The summed E-state index contributed by atoms with van der Waals surface area (Å²) in [6.07, 6.45) is 0. The number of hydrogen-bond donors (Lipinski definition) is 1. The predicted molar refractivity (Wildman–Crippen MR) is 74.5 cm³/mol. The molecule has 0 aliphatic carbocycles. The van der Waals surface area contributed by atoms with E-state index in [4.69, 9.17) is 16.3 Å². The molecule has 0 aliphatic heterocycles. The summed E-state index contributed by atoms with van der Waals surface area (Å²) in [5.41, 5.74) is -0.0999. The number of aryl methyl sites for hydroxylation is 1. The van der Waals surface area contributed by atoms with Gasteiger partial charge in [-0.25, -0.2) is 4.98 Å². The van der Waals surface area contributed by atoms with E-state index in [-0.39, 0.29) is 16.5 Å². The van der Waals surface area contributed by atoms with E-state index in [2.05, 4.69) is 15.3 Å². The fourth-order valence-electron chi connectivity index (χ4n) is 1.52. The molecule has 0 radical (unpaired) electrons. The number of nitrogens with one attached hydrogen (secondary N) is 1. The van der Waals surface area contributed by atoms with Gasteiger partial charge in [0.2, 0.25) is 5.88 Å². The molecule has 0 bridgehead atoms. The minimum absolute atomic E-state index is 0.0999. The lowest BCUT2D eigenvalue weighted by atomic mass is 10.3. The third-order valence-corrected chi connectivity index (χ3v) is 2.71. The normalized spacial score (nSPS) is 10.2. The Morgan fingerprint density at radius 2 is 2.10 bits per heavy atom. The van der Waals surface area contributed by atoms with Crippen molar-refractivity contribution in [1.29, 1.82) is 0 Å². The lowest BCUT2D eigenvalue weighted by molar-refractivity contribution is -0.384. The first-order chi connectivity index (χ1) is 9.49. The first-order valence-corrected chi connectivity index (χ1v) is 6.02. The molecule has 0 amide bonds. The lowest BCUT2D eigenvalue weighted by Crippen LogP contribution is -1.99. The van der Waals surface area contributed by atoms with Crippen LogP contribution in [0.5, 0.6) is 11.6 Å². The molecule has 8 heteroatoms. The van der Waals surface area contributed by atoms with Crippen molar-refractivity contribution in [2.75, 3.05) is 12.4 Å². The number of nitro groups is 1. The second kappa shape index (κ2) is 5.70. The maximum atomic E-state index is 10.6. The Morgan fingerprint density at radius 3 is 2.70 bits per heavy atom. The molecule has 0 saturated heterocycles. The van der Waals surface area contributed by atoms with Crippen LogP contribution >= 0.6 is 11.6 Å². The number of ether oxygens (including phenoxy) is 1. The van der Waals surface area contributed by atoms with Crippen LogP contribution in [0.2, 0.25) is 5.02 Å². The molecule has 20 heavy (non-hydrogen) atoms. The smallest absolute Gasteiger partial charge is 0.271 e. The van der Waals surface area contributed by atoms with Gasteiger partial charge < -0.3 is 10.1 Å². The van der Waals surface area contributed by atoms with E-state index in [0.717, 1.165) is 0 Å². The Balaban J connectivity index is 2.30. The third kappa shape index (κ3) is 3.12. The van der Waals surface area contributed by atoms with E-state index in [0.29, 0.717) is 17.5 Å². The van der Waals surface area contributed by atoms with Crippen LogP contribution in [0.4, 0.5) is 11.5 Å². The number of non-ortho nitro benzene ring substituents is 1. The van der Waals surface area contributed by atoms with Crippen molar-refractivity contribution in [2.45, 2.75) is 6.92 Å². The van der Waals surface area contributed by atoms with Crippen molar-refractivity contribution in [3.8, 4) is 11.6 Å². The number of nitrogens with zero attached hydrogens (tertiary/aromatic N) is 3. The van der Waals surface area contributed by atoms with Crippen molar-refractivity contribution >= 4 is 23.1 Å².